The summed E-state index contributed by atoms with van der Waals surface area (Å²) in [5.74, 6) is 3.47. The SMILES string of the molecule is Brc1cc(Br)c2c3c1Oc1ccccc1B3c1ccccc1O2. The summed E-state index contributed by atoms with van der Waals surface area (Å²) in [6.07, 6.45) is 0. The van der Waals surface area contributed by atoms with Crippen LogP contribution in [0.2, 0.25) is 0 Å². The van der Waals surface area contributed by atoms with Gasteiger partial charge < -0.3 is 9.47 Å². The van der Waals surface area contributed by atoms with Crippen LogP contribution in [-0.2, 0) is 0 Å². The zero-order valence-electron chi connectivity index (χ0n) is 11.8. The maximum Gasteiger partial charge on any atom is 0.260 e. The second kappa shape index (κ2) is 4.89. The van der Waals surface area contributed by atoms with Crippen molar-refractivity contribution in [1.82, 2.24) is 0 Å². The molecule has 0 saturated heterocycles. The fraction of sp³-hybridized carbons (Fsp3) is 0. The van der Waals surface area contributed by atoms with Crippen LogP contribution in [0.25, 0.3) is 0 Å². The van der Waals surface area contributed by atoms with Gasteiger partial charge in [-0.2, -0.15) is 0 Å². The van der Waals surface area contributed by atoms with E-state index in [1.165, 1.54) is 10.9 Å². The van der Waals surface area contributed by atoms with E-state index in [1.54, 1.807) is 0 Å². The third kappa shape index (κ3) is 1.87. The summed E-state index contributed by atoms with van der Waals surface area (Å²) in [5, 5.41) is 0. The predicted molar refractivity (Wildman–Crippen MR) is 99.5 cm³/mol. The molecule has 0 aliphatic carbocycles. The minimum absolute atomic E-state index is 0.115. The zero-order valence-corrected chi connectivity index (χ0v) is 15.0. The van der Waals surface area contributed by atoms with Gasteiger partial charge in [-0.1, -0.05) is 36.4 Å². The number of benzene rings is 3. The molecule has 0 radical (unpaired) electrons. The second-order valence-corrected chi connectivity index (χ2v) is 7.33. The van der Waals surface area contributed by atoms with Crippen LogP contribution < -0.4 is 25.9 Å². The van der Waals surface area contributed by atoms with Crippen molar-refractivity contribution in [1.29, 1.82) is 0 Å². The van der Waals surface area contributed by atoms with Crippen molar-refractivity contribution in [3.8, 4) is 23.0 Å². The number of hydrogen-bond acceptors (Lipinski definition) is 2. The second-order valence-electron chi connectivity index (χ2n) is 5.62. The van der Waals surface area contributed by atoms with E-state index in [-0.39, 0.29) is 6.71 Å². The standard InChI is InChI=1S/C18H9BBr2O2/c20-12-9-13(21)18-16-17(12)22-14-7-3-1-5-10(14)19(16)11-6-2-4-8-15(11)23-18/h1-9H. The molecule has 2 heterocycles. The molecule has 2 aliphatic heterocycles. The summed E-state index contributed by atoms with van der Waals surface area (Å²) in [7, 11) is 0. The molecular formula is C18H9BBr2O2. The van der Waals surface area contributed by atoms with E-state index in [9.17, 15) is 0 Å². The Hall–Kier alpha value is -1.72. The molecule has 0 aromatic heterocycles. The van der Waals surface area contributed by atoms with Gasteiger partial charge in [-0.3, -0.25) is 0 Å². The van der Waals surface area contributed by atoms with Crippen LogP contribution in [0.3, 0.4) is 0 Å². The molecule has 2 aliphatic rings. The minimum atomic E-state index is 0.115. The van der Waals surface area contributed by atoms with Gasteiger partial charge in [0.25, 0.3) is 6.71 Å². The highest BCUT2D eigenvalue weighted by Crippen LogP contribution is 2.42. The summed E-state index contributed by atoms with van der Waals surface area (Å²) in [5.41, 5.74) is 3.41. The van der Waals surface area contributed by atoms with Crippen LogP contribution in [0.4, 0.5) is 0 Å². The van der Waals surface area contributed by atoms with Gasteiger partial charge in [0.1, 0.15) is 23.0 Å². The molecule has 0 bridgehead atoms. The number of hydrogen-bond donors (Lipinski definition) is 0. The molecule has 0 unspecified atom stereocenters. The fourth-order valence-electron chi connectivity index (χ4n) is 3.39. The Morgan fingerprint density at radius 1 is 0.696 bits per heavy atom. The number of rotatable bonds is 0. The van der Waals surface area contributed by atoms with Crippen molar-refractivity contribution in [3.63, 3.8) is 0 Å². The molecule has 5 rings (SSSR count). The summed E-state index contributed by atoms with van der Waals surface area (Å²) in [6.45, 7) is 0.115. The van der Waals surface area contributed by atoms with Crippen LogP contribution in [-0.4, -0.2) is 6.71 Å². The van der Waals surface area contributed by atoms with Crippen LogP contribution in [0.1, 0.15) is 0 Å². The highest BCUT2D eigenvalue weighted by molar-refractivity contribution is 9.11. The summed E-state index contributed by atoms with van der Waals surface area (Å²) in [6, 6.07) is 18.4. The minimum Gasteiger partial charge on any atom is -0.457 e. The van der Waals surface area contributed by atoms with E-state index in [2.05, 4.69) is 56.1 Å². The van der Waals surface area contributed by atoms with Gasteiger partial charge >= 0.3 is 0 Å². The molecule has 2 nitrogen and oxygen atoms in total. The maximum absolute atomic E-state index is 6.18. The quantitative estimate of drug-likeness (QED) is 0.348. The van der Waals surface area contributed by atoms with Gasteiger partial charge in [0.2, 0.25) is 0 Å². The molecule has 5 heteroatoms. The van der Waals surface area contributed by atoms with Crippen molar-refractivity contribution >= 4 is 55.0 Å². The van der Waals surface area contributed by atoms with E-state index in [4.69, 9.17) is 9.47 Å². The molecule has 0 amide bonds. The van der Waals surface area contributed by atoms with Crippen molar-refractivity contribution in [2.45, 2.75) is 0 Å². The van der Waals surface area contributed by atoms with E-state index >= 15 is 0 Å². The van der Waals surface area contributed by atoms with Gasteiger partial charge in [0.15, 0.2) is 0 Å². The van der Waals surface area contributed by atoms with Crippen LogP contribution in [0.15, 0.2) is 63.5 Å². The van der Waals surface area contributed by atoms with E-state index in [1.807, 2.05) is 30.3 Å². The monoisotopic (exact) mass is 426 g/mol. The molecule has 0 atom stereocenters. The van der Waals surface area contributed by atoms with Crippen molar-refractivity contribution < 1.29 is 9.47 Å². The first-order valence-corrected chi connectivity index (χ1v) is 8.88. The zero-order chi connectivity index (χ0) is 15.6. The molecule has 3 aromatic carbocycles. The Balaban J connectivity index is 1.91. The lowest BCUT2D eigenvalue weighted by Crippen LogP contribution is -2.57. The van der Waals surface area contributed by atoms with Crippen molar-refractivity contribution in [3.05, 3.63) is 63.5 Å². The highest BCUT2D eigenvalue weighted by atomic mass is 79.9. The third-order valence-corrected chi connectivity index (χ3v) is 5.53. The molecule has 23 heavy (non-hydrogen) atoms. The van der Waals surface area contributed by atoms with E-state index in [0.717, 1.165) is 37.4 Å². The number of fused-ring (bicyclic) bond motifs is 4. The Kier molecular flexibility index (Phi) is 2.91. The first-order valence-electron chi connectivity index (χ1n) is 7.29. The maximum atomic E-state index is 6.18. The summed E-state index contributed by atoms with van der Waals surface area (Å²) >= 11 is 7.26. The fourth-order valence-corrected chi connectivity index (χ4v) is 4.75. The number of para-hydroxylation sites is 2. The largest absolute Gasteiger partial charge is 0.457 e. The highest BCUT2D eigenvalue weighted by Gasteiger charge is 2.41. The number of ether oxygens (including phenoxy) is 2. The van der Waals surface area contributed by atoms with Gasteiger partial charge in [-0.25, -0.2) is 0 Å². The van der Waals surface area contributed by atoms with Crippen LogP contribution in [0, 0.1) is 0 Å². The Bertz CT molecular complexity index is 897. The van der Waals surface area contributed by atoms with Gasteiger partial charge in [-0.15, -0.1) is 0 Å². The van der Waals surface area contributed by atoms with Crippen molar-refractivity contribution in [2.75, 3.05) is 0 Å². The summed E-state index contributed by atoms with van der Waals surface area (Å²) < 4.78 is 14.2. The number of halogens is 2. The topological polar surface area (TPSA) is 18.5 Å². The van der Waals surface area contributed by atoms with Gasteiger partial charge in [0.05, 0.1) is 8.95 Å². The average molecular weight is 428 g/mol. The van der Waals surface area contributed by atoms with E-state index < -0.39 is 0 Å². The molecule has 3 aromatic rings. The lowest BCUT2D eigenvalue weighted by molar-refractivity contribution is 0.460. The van der Waals surface area contributed by atoms with Crippen LogP contribution >= 0.6 is 31.9 Å². The van der Waals surface area contributed by atoms with Crippen molar-refractivity contribution in [2.24, 2.45) is 0 Å². The Morgan fingerprint density at radius 3 is 1.70 bits per heavy atom. The Labute approximate surface area is 150 Å². The molecule has 0 N–H and O–H groups in total. The van der Waals surface area contributed by atoms with Gasteiger partial charge in [-0.05, 0) is 61.0 Å². The molecule has 110 valence electrons. The molecule has 0 fully saturated rings. The van der Waals surface area contributed by atoms with Gasteiger partial charge in [0, 0.05) is 5.46 Å². The molecule has 0 spiro atoms. The normalized spacial score (nSPS) is 13.4. The smallest absolute Gasteiger partial charge is 0.260 e. The summed E-state index contributed by atoms with van der Waals surface area (Å²) in [4.78, 5) is 0. The third-order valence-electron chi connectivity index (χ3n) is 4.35. The lowest BCUT2D eigenvalue weighted by Gasteiger charge is -2.33. The van der Waals surface area contributed by atoms with E-state index in [0.29, 0.717) is 0 Å². The first kappa shape index (κ1) is 13.7. The molecular weight excluding hydrogens is 419 g/mol. The molecule has 0 saturated carbocycles. The lowest BCUT2D eigenvalue weighted by atomic mass is 9.35. The predicted octanol–water partition coefficient (Wildman–Crippen LogP) is 3.94. The average Bonchev–Trinajstić information content (AvgIpc) is 2.58. The first-order chi connectivity index (χ1) is 11.2. The Morgan fingerprint density at radius 2 is 1.17 bits per heavy atom. The van der Waals surface area contributed by atoms with Crippen LogP contribution in [0.5, 0.6) is 23.0 Å².